The maximum Gasteiger partial charge on any atom is 0.288 e. The molecule has 8 heteroatoms. The van der Waals surface area contributed by atoms with Crippen molar-refractivity contribution in [1.29, 1.82) is 0 Å². The van der Waals surface area contributed by atoms with Crippen LogP contribution in [0.3, 0.4) is 0 Å². The molecule has 3 N–H and O–H groups in total. The van der Waals surface area contributed by atoms with E-state index >= 15 is 0 Å². The fourth-order valence-electron chi connectivity index (χ4n) is 3.47. The Morgan fingerprint density at radius 3 is 2.50 bits per heavy atom. The van der Waals surface area contributed by atoms with Crippen LogP contribution >= 0.6 is 11.6 Å². The molecule has 3 rings (SSSR count). The minimum absolute atomic E-state index is 0.0657. The van der Waals surface area contributed by atoms with Crippen molar-refractivity contribution in [3.05, 3.63) is 86.6 Å². The molecule has 0 spiro atoms. The van der Waals surface area contributed by atoms with Crippen molar-refractivity contribution in [2.24, 2.45) is 10.7 Å². The van der Waals surface area contributed by atoms with Crippen LogP contribution < -0.4 is 11.1 Å². The first kappa shape index (κ1) is 21.8. The molecule has 158 valence electrons. The van der Waals surface area contributed by atoms with E-state index in [0.29, 0.717) is 5.56 Å². The number of nitrogens with one attached hydrogen (secondary N) is 1. The summed E-state index contributed by atoms with van der Waals surface area (Å²) in [5.74, 6) is -0.574. The van der Waals surface area contributed by atoms with Gasteiger partial charge in [-0.3, -0.25) is 15.8 Å². The molecule has 1 aliphatic heterocycles. The SMILES string of the molecule is CCN(CC)C1=NC(N)(c2ccc(Cl)c([N+](=O)[O-])c2)NC(CCc2ccccc2)=C1. The number of nitrogens with zero attached hydrogens (tertiary/aromatic N) is 3. The van der Waals surface area contributed by atoms with Crippen LogP contribution in [0.4, 0.5) is 5.69 Å². The van der Waals surface area contributed by atoms with Crippen molar-refractivity contribution >= 4 is 23.1 Å². The minimum atomic E-state index is -1.33. The van der Waals surface area contributed by atoms with Crippen molar-refractivity contribution in [2.45, 2.75) is 32.5 Å². The largest absolute Gasteiger partial charge is 0.357 e. The van der Waals surface area contributed by atoms with Crippen LogP contribution in [0, 0.1) is 10.1 Å². The van der Waals surface area contributed by atoms with E-state index in [2.05, 4.69) is 36.2 Å². The minimum Gasteiger partial charge on any atom is -0.357 e. The third-order valence-corrected chi connectivity index (χ3v) is 5.46. The summed E-state index contributed by atoms with van der Waals surface area (Å²) < 4.78 is 0. The van der Waals surface area contributed by atoms with E-state index in [1.165, 1.54) is 17.7 Å². The molecule has 0 fully saturated rings. The van der Waals surface area contributed by atoms with E-state index in [9.17, 15) is 10.1 Å². The Morgan fingerprint density at radius 2 is 1.87 bits per heavy atom. The third-order valence-electron chi connectivity index (χ3n) is 5.14. The average Bonchev–Trinajstić information content (AvgIpc) is 2.73. The van der Waals surface area contributed by atoms with E-state index in [4.69, 9.17) is 22.3 Å². The molecule has 0 radical (unpaired) electrons. The standard InChI is InChI=1S/C22H26ClN5O2/c1-3-27(4-2)21-15-18(12-10-16-8-6-5-7-9-16)25-22(24,26-21)17-11-13-19(23)20(14-17)28(29)30/h5-9,11,13-15,25H,3-4,10,12,24H2,1-2H3. The van der Waals surface area contributed by atoms with Gasteiger partial charge in [-0.25, -0.2) is 4.99 Å². The smallest absolute Gasteiger partial charge is 0.288 e. The molecule has 1 heterocycles. The number of hydrogen-bond donors (Lipinski definition) is 2. The van der Waals surface area contributed by atoms with Gasteiger partial charge in [0.05, 0.1) is 4.92 Å². The predicted molar refractivity (Wildman–Crippen MR) is 120 cm³/mol. The second-order valence-corrected chi connectivity index (χ2v) is 7.52. The topological polar surface area (TPSA) is 96.8 Å². The van der Waals surface area contributed by atoms with Crippen molar-refractivity contribution in [1.82, 2.24) is 10.2 Å². The second-order valence-electron chi connectivity index (χ2n) is 7.11. The lowest BCUT2D eigenvalue weighted by Crippen LogP contribution is -2.52. The number of allylic oxidation sites excluding steroid dienone is 1. The van der Waals surface area contributed by atoms with Crippen LogP contribution in [0.1, 0.15) is 31.4 Å². The quantitative estimate of drug-likeness (QED) is 0.510. The fourth-order valence-corrected chi connectivity index (χ4v) is 3.66. The highest BCUT2D eigenvalue weighted by Gasteiger charge is 2.33. The molecule has 1 aliphatic rings. The summed E-state index contributed by atoms with van der Waals surface area (Å²) in [5.41, 5.74) is 9.10. The number of rotatable bonds is 7. The Morgan fingerprint density at radius 1 is 1.17 bits per heavy atom. The maximum absolute atomic E-state index is 11.4. The molecule has 0 saturated carbocycles. The van der Waals surface area contributed by atoms with Crippen LogP contribution in [0.5, 0.6) is 0 Å². The number of likely N-dealkylation sites (N-methyl/N-ethyl adjacent to an activating group) is 1. The first-order valence-electron chi connectivity index (χ1n) is 9.97. The Hall–Kier alpha value is -2.90. The van der Waals surface area contributed by atoms with Crippen molar-refractivity contribution < 1.29 is 4.92 Å². The van der Waals surface area contributed by atoms with Gasteiger partial charge in [0, 0.05) is 30.4 Å². The first-order chi connectivity index (χ1) is 14.4. The number of nitrogens with two attached hydrogens (primary N) is 1. The van der Waals surface area contributed by atoms with E-state index in [0.717, 1.165) is 37.5 Å². The zero-order valence-electron chi connectivity index (χ0n) is 17.1. The monoisotopic (exact) mass is 427 g/mol. The van der Waals surface area contributed by atoms with Crippen LogP contribution in [0.25, 0.3) is 0 Å². The Balaban J connectivity index is 1.96. The van der Waals surface area contributed by atoms with Crippen LogP contribution in [0.15, 0.2) is 65.3 Å². The van der Waals surface area contributed by atoms with Gasteiger partial charge in [-0.1, -0.05) is 48.0 Å². The van der Waals surface area contributed by atoms with E-state index in [1.807, 2.05) is 24.3 Å². The number of amidine groups is 1. The molecule has 0 saturated heterocycles. The summed E-state index contributed by atoms with van der Waals surface area (Å²) in [6.07, 6.45) is 3.58. The summed E-state index contributed by atoms with van der Waals surface area (Å²) in [5, 5.41) is 14.7. The summed E-state index contributed by atoms with van der Waals surface area (Å²) in [6, 6.07) is 14.7. The fraction of sp³-hybridized carbons (Fsp3) is 0.318. The van der Waals surface area contributed by atoms with Crippen molar-refractivity contribution in [2.75, 3.05) is 13.1 Å². The van der Waals surface area contributed by atoms with Gasteiger partial charge in [-0.2, -0.15) is 0 Å². The number of halogens is 1. The molecule has 0 aromatic heterocycles. The zero-order valence-corrected chi connectivity index (χ0v) is 17.9. The molecular weight excluding hydrogens is 402 g/mol. The highest BCUT2D eigenvalue weighted by molar-refractivity contribution is 6.32. The number of nitro groups is 1. The molecule has 1 atom stereocenters. The van der Waals surface area contributed by atoms with Crippen LogP contribution in [0.2, 0.25) is 5.02 Å². The van der Waals surface area contributed by atoms with E-state index < -0.39 is 10.7 Å². The summed E-state index contributed by atoms with van der Waals surface area (Å²) in [4.78, 5) is 17.7. The number of hydrogen-bond acceptors (Lipinski definition) is 6. The number of aryl methyl sites for hydroxylation is 1. The van der Waals surface area contributed by atoms with Crippen LogP contribution in [-0.2, 0) is 12.2 Å². The molecule has 7 nitrogen and oxygen atoms in total. The third kappa shape index (κ3) is 4.80. The summed E-state index contributed by atoms with van der Waals surface area (Å²) >= 11 is 5.99. The highest BCUT2D eigenvalue weighted by Crippen LogP contribution is 2.31. The highest BCUT2D eigenvalue weighted by atomic mass is 35.5. The van der Waals surface area contributed by atoms with E-state index in [-0.39, 0.29) is 10.7 Å². The lowest BCUT2D eigenvalue weighted by atomic mass is 10.0. The molecular formula is C22H26ClN5O2. The van der Waals surface area contributed by atoms with Gasteiger partial charge in [0.2, 0.25) is 5.79 Å². The summed E-state index contributed by atoms with van der Waals surface area (Å²) in [6.45, 7) is 5.65. The van der Waals surface area contributed by atoms with Crippen molar-refractivity contribution in [3.8, 4) is 0 Å². The average molecular weight is 428 g/mol. The molecule has 2 aromatic carbocycles. The Bertz CT molecular complexity index is 973. The normalized spacial score (nSPS) is 18.3. The molecule has 0 aliphatic carbocycles. The molecule has 2 aromatic rings. The lowest BCUT2D eigenvalue weighted by molar-refractivity contribution is -0.384. The van der Waals surface area contributed by atoms with Gasteiger partial charge in [-0.15, -0.1) is 0 Å². The van der Waals surface area contributed by atoms with Gasteiger partial charge in [0.15, 0.2) is 0 Å². The molecule has 0 bridgehead atoms. The first-order valence-corrected chi connectivity index (χ1v) is 10.3. The van der Waals surface area contributed by atoms with Gasteiger partial charge < -0.3 is 10.2 Å². The van der Waals surface area contributed by atoms with E-state index in [1.54, 1.807) is 6.07 Å². The number of aliphatic imine (C=N–C) groups is 1. The van der Waals surface area contributed by atoms with Gasteiger partial charge in [0.25, 0.3) is 5.69 Å². The van der Waals surface area contributed by atoms with Gasteiger partial charge >= 0.3 is 0 Å². The number of nitro benzene ring substituents is 1. The number of benzene rings is 2. The van der Waals surface area contributed by atoms with Gasteiger partial charge in [0.1, 0.15) is 10.9 Å². The van der Waals surface area contributed by atoms with Crippen molar-refractivity contribution in [3.63, 3.8) is 0 Å². The second kappa shape index (κ2) is 9.28. The molecule has 1 unspecified atom stereocenters. The zero-order chi connectivity index (χ0) is 21.7. The molecule has 0 amide bonds. The predicted octanol–water partition coefficient (Wildman–Crippen LogP) is 4.18. The summed E-state index contributed by atoms with van der Waals surface area (Å²) in [7, 11) is 0. The molecule has 30 heavy (non-hydrogen) atoms. The lowest BCUT2D eigenvalue weighted by Gasteiger charge is -2.36. The van der Waals surface area contributed by atoms with Gasteiger partial charge in [-0.05, 0) is 44.4 Å². The van der Waals surface area contributed by atoms with Crippen LogP contribution in [-0.4, -0.2) is 28.7 Å². The Kier molecular flexibility index (Phi) is 6.74. The Labute approximate surface area is 181 Å². The maximum atomic E-state index is 11.4.